The van der Waals surface area contributed by atoms with E-state index in [9.17, 15) is 0 Å². The van der Waals surface area contributed by atoms with Crippen LogP contribution in [0.1, 0.15) is 48.0 Å². The molecule has 0 fully saturated rings. The Kier molecular flexibility index (Phi) is 4.37. The second-order valence-electron chi connectivity index (χ2n) is 5.42. The summed E-state index contributed by atoms with van der Waals surface area (Å²) >= 11 is 0. The largest absolute Gasteiger partial charge is 0.304 e. The van der Waals surface area contributed by atoms with Gasteiger partial charge in [-0.05, 0) is 44.5 Å². The Morgan fingerprint density at radius 2 is 1.69 bits per heavy atom. The molecule has 0 aliphatic heterocycles. The lowest BCUT2D eigenvalue weighted by atomic mass is 9.88. The van der Waals surface area contributed by atoms with Crippen LogP contribution >= 0.6 is 0 Å². The Labute approximate surface area is 101 Å². The predicted molar refractivity (Wildman–Crippen MR) is 72.6 cm³/mol. The van der Waals surface area contributed by atoms with Crippen molar-refractivity contribution in [2.75, 3.05) is 19.6 Å². The van der Waals surface area contributed by atoms with Gasteiger partial charge in [0.2, 0.25) is 0 Å². The summed E-state index contributed by atoms with van der Waals surface area (Å²) in [6.07, 6.45) is 3.66. The Morgan fingerprint density at radius 1 is 1.12 bits per heavy atom. The smallest absolute Gasteiger partial charge is 0.00432 e. The summed E-state index contributed by atoms with van der Waals surface area (Å²) in [5, 5.41) is 0. The summed E-state index contributed by atoms with van der Waals surface area (Å²) in [4.78, 5) is 2.49. The Hall–Kier alpha value is -0.560. The van der Waals surface area contributed by atoms with Crippen LogP contribution in [0.25, 0.3) is 0 Å². The molecule has 0 aromatic heterocycles. The Bertz CT molecular complexity index is 303. The minimum absolute atomic E-state index is 0.280. The monoisotopic (exact) mass is 221 g/mol. The van der Waals surface area contributed by atoms with Crippen LogP contribution in [0.3, 0.4) is 0 Å². The lowest BCUT2D eigenvalue weighted by Crippen LogP contribution is -2.24. The van der Waals surface area contributed by atoms with Gasteiger partial charge in [-0.2, -0.15) is 0 Å². The molecular formula is C15H27N. The molecular weight excluding hydrogens is 194 g/mol. The normalized spacial score (nSPS) is 19.6. The van der Waals surface area contributed by atoms with Crippen molar-refractivity contribution in [3.63, 3.8) is 0 Å². The van der Waals surface area contributed by atoms with Crippen LogP contribution in [0.4, 0.5) is 0 Å². The van der Waals surface area contributed by atoms with Crippen LogP contribution in [0.2, 0.25) is 0 Å². The van der Waals surface area contributed by atoms with Crippen molar-refractivity contribution in [1.82, 2.24) is 4.90 Å². The van der Waals surface area contributed by atoms with Gasteiger partial charge in [0.1, 0.15) is 0 Å². The molecule has 0 N–H and O–H groups in total. The average Bonchev–Trinajstić information content (AvgIpc) is 2.44. The average molecular weight is 221 g/mol. The van der Waals surface area contributed by atoms with Crippen LogP contribution in [0.15, 0.2) is 22.8 Å². The third kappa shape index (κ3) is 2.76. The maximum Gasteiger partial charge on any atom is 0.00432 e. The molecule has 1 rings (SSSR count). The van der Waals surface area contributed by atoms with Gasteiger partial charge >= 0.3 is 0 Å². The molecule has 92 valence electrons. The van der Waals surface area contributed by atoms with E-state index in [1.54, 1.807) is 11.1 Å². The standard InChI is InChI=1S/C15H27N/c1-7-16(8-2)10-9-14-11-15(5,6)13(4)12(14)3/h11H,7-10H2,1-6H3. The van der Waals surface area contributed by atoms with E-state index in [0.29, 0.717) is 0 Å². The Morgan fingerprint density at radius 3 is 2.06 bits per heavy atom. The van der Waals surface area contributed by atoms with Crippen molar-refractivity contribution in [3.05, 3.63) is 22.8 Å². The molecule has 0 aromatic carbocycles. The first kappa shape index (κ1) is 13.5. The summed E-state index contributed by atoms with van der Waals surface area (Å²) in [6.45, 7) is 17.2. The highest BCUT2D eigenvalue weighted by atomic mass is 15.1. The van der Waals surface area contributed by atoms with Gasteiger partial charge in [-0.3, -0.25) is 0 Å². The third-order valence-corrected chi connectivity index (χ3v) is 4.14. The van der Waals surface area contributed by atoms with Gasteiger partial charge in [0.05, 0.1) is 0 Å². The highest BCUT2D eigenvalue weighted by molar-refractivity contribution is 5.45. The van der Waals surface area contributed by atoms with Gasteiger partial charge < -0.3 is 4.90 Å². The van der Waals surface area contributed by atoms with E-state index in [0.717, 1.165) is 13.1 Å². The first-order valence-electron chi connectivity index (χ1n) is 6.54. The lowest BCUT2D eigenvalue weighted by Gasteiger charge is -2.18. The van der Waals surface area contributed by atoms with Gasteiger partial charge in [0.25, 0.3) is 0 Å². The number of allylic oxidation sites excluding steroid dienone is 3. The number of hydrogen-bond acceptors (Lipinski definition) is 1. The molecule has 0 amide bonds. The van der Waals surface area contributed by atoms with Gasteiger partial charge in [0.15, 0.2) is 0 Å². The fraction of sp³-hybridized carbons (Fsp3) is 0.733. The summed E-state index contributed by atoms with van der Waals surface area (Å²) in [7, 11) is 0. The van der Waals surface area contributed by atoms with E-state index in [2.05, 4.69) is 52.5 Å². The molecule has 0 atom stereocenters. The van der Waals surface area contributed by atoms with Crippen molar-refractivity contribution < 1.29 is 0 Å². The molecule has 16 heavy (non-hydrogen) atoms. The first-order chi connectivity index (χ1) is 7.42. The van der Waals surface area contributed by atoms with E-state index in [1.807, 2.05) is 0 Å². The zero-order chi connectivity index (χ0) is 12.3. The molecule has 0 spiro atoms. The zero-order valence-corrected chi connectivity index (χ0v) is 11.9. The van der Waals surface area contributed by atoms with E-state index in [4.69, 9.17) is 0 Å². The van der Waals surface area contributed by atoms with Gasteiger partial charge in [-0.15, -0.1) is 0 Å². The van der Waals surface area contributed by atoms with Crippen molar-refractivity contribution >= 4 is 0 Å². The molecule has 0 aromatic rings. The maximum absolute atomic E-state index is 2.49. The molecule has 0 saturated heterocycles. The Balaban J connectivity index is 2.64. The van der Waals surface area contributed by atoms with Crippen LogP contribution in [0.5, 0.6) is 0 Å². The molecule has 1 aliphatic rings. The molecule has 0 heterocycles. The quantitative estimate of drug-likeness (QED) is 0.677. The SMILES string of the molecule is CCN(CC)CCC1=CC(C)(C)C(C)=C1C. The molecule has 1 heteroatoms. The highest BCUT2D eigenvalue weighted by Crippen LogP contribution is 2.41. The summed E-state index contributed by atoms with van der Waals surface area (Å²) in [6, 6.07) is 0. The van der Waals surface area contributed by atoms with E-state index < -0.39 is 0 Å². The number of rotatable bonds is 5. The van der Waals surface area contributed by atoms with Crippen LogP contribution in [0, 0.1) is 5.41 Å². The topological polar surface area (TPSA) is 3.24 Å². The van der Waals surface area contributed by atoms with Crippen molar-refractivity contribution in [1.29, 1.82) is 0 Å². The van der Waals surface area contributed by atoms with Gasteiger partial charge in [0, 0.05) is 12.0 Å². The van der Waals surface area contributed by atoms with E-state index in [-0.39, 0.29) is 5.41 Å². The summed E-state index contributed by atoms with van der Waals surface area (Å²) in [5.74, 6) is 0. The fourth-order valence-electron chi connectivity index (χ4n) is 2.45. The van der Waals surface area contributed by atoms with Crippen LogP contribution in [-0.2, 0) is 0 Å². The van der Waals surface area contributed by atoms with Crippen molar-refractivity contribution in [2.45, 2.75) is 48.0 Å². The van der Waals surface area contributed by atoms with Gasteiger partial charge in [-0.25, -0.2) is 0 Å². The molecule has 0 unspecified atom stereocenters. The second kappa shape index (κ2) is 5.18. The minimum Gasteiger partial charge on any atom is -0.304 e. The third-order valence-electron chi connectivity index (χ3n) is 4.14. The molecule has 1 nitrogen and oxygen atoms in total. The van der Waals surface area contributed by atoms with Gasteiger partial charge in [-0.1, -0.05) is 39.3 Å². The minimum atomic E-state index is 0.280. The second-order valence-corrected chi connectivity index (χ2v) is 5.42. The maximum atomic E-state index is 2.49. The molecule has 0 bridgehead atoms. The fourth-order valence-corrected chi connectivity index (χ4v) is 2.45. The van der Waals surface area contributed by atoms with Crippen molar-refractivity contribution in [3.8, 4) is 0 Å². The lowest BCUT2D eigenvalue weighted by molar-refractivity contribution is 0.308. The van der Waals surface area contributed by atoms with E-state index in [1.165, 1.54) is 18.5 Å². The number of hydrogen-bond donors (Lipinski definition) is 0. The summed E-state index contributed by atoms with van der Waals surface area (Å²) in [5.41, 5.74) is 4.91. The number of nitrogens with zero attached hydrogens (tertiary/aromatic N) is 1. The first-order valence-corrected chi connectivity index (χ1v) is 6.54. The zero-order valence-electron chi connectivity index (χ0n) is 11.9. The summed E-state index contributed by atoms with van der Waals surface area (Å²) < 4.78 is 0. The molecule has 1 aliphatic carbocycles. The van der Waals surface area contributed by atoms with E-state index >= 15 is 0 Å². The molecule has 0 saturated carbocycles. The van der Waals surface area contributed by atoms with Crippen LogP contribution < -0.4 is 0 Å². The van der Waals surface area contributed by atoms with Crippen molar-refractivity contribution in [2.24, 2.45) is 5.41 Å². The van der Waals surface area contributed by atoms with Crippen LogP contribution in [-0.4, -0.2) is 24.5 Å². The molecule has 0 radical (unpaired) electrons. The predicted octanol–water partition coefficient (Wildman–Crippen LogP) is 4.02. The highest BCUT2D eigenvalue weighted by Gasteiger charge is 2.26.